The van der Waals surface area contributed by atoms with E-state index in [9.17, 15) is 9.59 Å². The highest BCUT2D eigenvalue weighted by Gasteiger charge is 2.58. The second-order valence-corrected chi connectivity index (χ2v) is 7.70. The molecular formula is C23H26N2O4. The molecule has 0 aromatic heterocycles. The number of ether oxygens (including phenoxy) is 2. The Morgan fingerprint density at radius 3 is 2.45 bits per heavy atom. The van der Waals surface area contributed by atoms with Crippen LogP contribution in [0.4, 0.5) is 0 Å². The number of benzene rings is 2. The van der Waals surface area contributed by atoms with Gasteiger partial charge in [-0.05, 0) is 48.1 Å². The fourth-order valence-electron chi connectivity index (χ4n) is 3.98. The summed E-state index contributed by atoms with van der Waals surface area (Å²) >= 11 is 0. The molecule has 2 aromatic rings. The van der Waals surface area contributed by atoms with Gasteiger partial charge in [-0.15, -0.1) is 0 Å². The number of rotatable bonds is 6. The Bertz CT molecular complexity index is 936. The van der Waals surface area contributed by atoms with Crippen molar-refractivity contribution < 1.29 is 19.1 Å². The van der Waals surface area contributed by atoms with Crippen molar-refractivity contribution in [3.8, 4) is 11.5 Å². The van der Waals surface area contributed by atoms with Crippen LogP contribution in [0.3, 0.4) is 0 Å². The normalized spacial score (nSPS) is 16.6. The highest BCUT2D eigenvalue weighted by molar-refractivity contribution is 6.07. The first-order valence-electron chi connectivity index (χ1n) is 9.93. The van der Waals surface area contributed by atoms with Gasteiger partial charge in [-0.2, -0.15) is 0 Å². The average molecular weight is 394 g/mol. The Morgan fingerprint density at radius 2 is 1.76 bits per heavy atom. The van der Waals surface area contributed by atoms with Crippen LogP contribution in [-0.4, -0.2) is 37.5 Å². The minimum absolute atomic E-state index is 0.0446. The molecule has 2 amide bonds. The van der Waals surface area contributed by atoms with Crippen molar-refractivity contribution in [3.05, 3.63) is 59.2 Å². The van der Waals surface area contributed by atoms with E-state index in [0.717, 1.165) is 12.0 Å². The molecule has 1 heterocycles. The van der Waals surface area contributed by atoms with Crippen LogP contribution < -0.4 is 14.8 Å². The molecule has 1 aliphatic carbocycles. The number of carbonyl (C=O) groups excluding carboxylic acids is 2. The second kappa shape index (κ2) is 7.78. The maximum absolute atomic E-state index is 13.2. The zero-order valence-corrected chi connectivity index (χ0v) is 16.9. The number of nitrogens with zero attached hydrogens (tertiary/aromatic N) is 1. The van der Waals surface area contributed by atoms with Crippen molar-refractivity contribution in [2.24, 2.45) is 5.41 Å². The lowest BCUT2D eigenvalue weighted by Crippen LogP contribution is -2.46. The molecule has 0 bridgehead atoms. The molecule has 6 nitrogen and oxygen atoms in total. The minimum Gasteiger partial charge on any atom is -0.493 e. The van der Waals surface area contributed by atoms with E-state index in [-0.39, 0.29) is 11.8 Å². The van der Waals surface area contributed by atoms with Crippen LogP contribution in [0.15, 0.2) is 42.5 Å². The standard InChI is InChI=1S/C23H26N2O4/c1-28-19-8-7-16(13-20(19)29-2)14-24-21(26)23(10-11-23)22(27)25-12-9-17-5-3-4-6-18(17)15-25/h3-8,13H,9-12,14-15H2,1-2H3,(H,24,26). The third kappa shape index (κ3) is 3.67. The van der Waals surface area contributed by atoms with Gasteiger partial charge in [0, 0.05) is 19.6 Å². The predicted octanol–water partition coefficient (Wildman–Crippen LogP) is 2.69. The van der Waals surface area contributed by atoms with Crippen molar-refractivity contribution in [2.75, 3.05) is 20.8 Å². The summed E-state index contributed by atoms with van der Waals surface area (Å²) in [6.45, 7) is 1.59. The first kappa shape index (κ1) is 19.3. The number of amides is 2. The summed E-state index contributed by atoms with van der Waals surface area (Å²) in [7, 11) is 3.16. The molecule has 2 aliphatic rings. The predicted molar refractivity (Wildman–Crippen MR) is 109 cm³/mol. The van der Waals surface area contributed by atoms with Crippen molar-refractivity contribution in [1.82, 2.24) is 10.2 Å². The van der Waals surface area contributed by atoms with E-state index in [1.807, 2.05) is 35.2 Å². The van der Waals surface area contributed by atoms with E-state index in [4.69, 9.17) is 9.47 Å². The number of nitrogens with one attached hydrogen (secondary N) is 1. The number of fused-ring (bicyclic) bond motifs is 1. The minimum atomic E-state index is -0.900. The molecule has 0 saturated heterocycles. The number of methoxy groups -OCH3 is 2. The molecule has 2 aromatic carbocycles. The largest absolute Gasteiger partial charge is 0.493 e. The van der Waals surface area contributed by atoms with Gasteiger partial charge in [-0.3, -0.25) is 9.59 Å². The maximum Gasteiger partial charge on any atom is 0.238 e. The Balaban J connectivity index is 1.40. The van der Waals surface area contributed by atoms with E-state index in [1.54, 1.807) is 14.2 Å². The Hall–Kier alpha value is -3.02. The van der Waals surface area contributed by atoms with Gasteiger partial charge in [-0.1, -0.05) is 30.3 Å². The van der Waals surface area contributed by atoms with Crippen LogP contribution in [0.2, 0.25) is 0 Å². The summed E-state index contributed by atoms with van der Waals surface area (Å²) in [4.78, 5) is 27.9. The van der Waals surface area contributed by atoms with Crippen LogP contribution in [0.5, 0.6) is 11.5 Å². The summed E-state index contributed by atoms with van der Waals surface area (Å²) in [5, 5.41) is 2.95. The monoisotopic (exact) mass is 394 g/mol. The van der Waals surface area contributed by atoms with Crippen LogP contribution in [-0.2, 0) is 29.1 Å². The number of hydrogen-bond acceptors (Lipinski definition) is 4. The van der Waals surface area contributed by atoms with Gasteiger partial charge in [0.2, 0.25) is 11.8 Å². The second-order valence-electron chi connectivity index (χ2n) is 7.70. The van der Waals surface area contributed by atoms with Gasteiger partial charge in [0.1, 0.15) is 5.41 Å². The molecule has 1 saturated carbocycles. The molecule has 4 rings (SSSR count). The van der Waals surface area contributed by atoms with E-state index < -0.39 is 5.41 Å². The first-order valence-corrected chi connectivity index (χ1v) is 9.93. The molecule has 152 valence electrons. The zero-order valence-electron chi connectivity index (χ0n) is 16.9. The van der Waals surface area contributed by atoms with Crippen LogP contribution in [0.1, 0.15) is 29.5 Å². The lowest BCUT2D eigenvalue weighted by atomic mass is 9.97. The van der Waals surface area contributed by atoms with Gasteiger partial charge < -0.3 is 19.7 Å². The molecule has 0 spiro atoms. The van der Waals surface area contributed by atoms with E-state index in [2.05, 4.69) is 17.4 Å². The fraction of sp³-hybridized carbons (Fsp3) is 0.391. The molecular weight excluding hydrogens is 368 g/mol. The maximum atomic E-state index is 13.2. The van der Waals surface area contributed by atoms with Gasteiger partial charge >= 0.3 is 0 Å². The number of hydrogen-bond donors (Lipinski definition) is 1. The summed E-state index contributed by atoms with van der Waals surface area (Å²) in [5.41, 5.74) is 2.46. The molecule has 1 N–H and O–H groups in total. The first-order chi connectivity index (χ1) is 14.1. The highest BCUT2D eigenvalue weighted by atomic mass is 16.5. The Morgan fingerprint density at radius 1 is 1.03 bits per heavy atom. The summed E-state index contributed by atoms with van der Waals surface area (Å²) in [6.07, 6.45) is 2.06. The average Bonchev–Trinajstić information content (AvgIpc) is 3.58. The summed E-state index contributed by atoms with van der Waals surface area (Å²) in [6, 6.07) is 13.7. The Kier molecular flexibility index (Phi) is 5.18. The fourth-order valence-corrected chi connectivity index (χ4v) is 3.98. The smallest absolute Gasteiger partial charge is 0.238 e. The third-order valence-corrected chi connectivity index (χ3v) is 5.91. The lowest BCUT2D eigenvalue weighted by Gasteiger charge is -2.31. The zero-order chi connectivity index (χ0) is 20.4. The molecule has 29 heavy (non-hydrogen) atoms. The van der Waals surface area contributed by atoms with Crippen LogP contribution in [0, 0.1) is 5.41 Å². The number of carbonyl (C=O) groups is 2. The third-order valence-electron chi connectivity index (χ3n) is 5.91. The summed E-state index contributed by atoms with van der Waals surface area (Å²) < 4.78 is 10.6. The SMILES string of the molecule is COc1ccc(CNC(=O)C2(C(=O)N3CCc4ccccc4C3)CC2)cc1OC. The van der Waals surface area contributed by atoms with Crippen molar-refractivity contribution in [2.45, 2.75) is 32.4 Å². The van der Waals surface area contributed by atoms with Crippen LogP contribution >= 0.6 is 0 Å². The van der Waals surface area contributed by atoms with E-state index in [1.165, 1.54) is 11.1 Å². The van der Waals surface area contributed by atoms with Crippen molar-refractivity contribution in [3.63, 3.8) is 0 Å². The summed E-state index contributed by atoms with van der Waals surface area (Å²) in [5.74, 6) is 1.03. The van der Waals surface area contributed by atoms with Crippen molar-refractivity contribution in [1.29, 1.82) is 0 Å². The van der Waals surface area contributed by atoms with Gasteiger partial charge in [0.15, 0.2) is 11.5 Å². The molecule has 0 unspecified atom stereocenters. The van der Waals surface area contributed by atoms with Gasteiger partial charge in [-0.25, -0.2) is 0 Å². The highest BCUT2D eigenvalue weighted by Crippen LogP contribution is 2.48. The van der Waals surface area contributed by atoms with Crippen LogP contribution in [0.25, 0.3) is 0 Å². The van der Waals surface area contributed by atoms with E-state index in [0.29, 0.717) is 44.0 Å². The molecule has 0 radical (unpaired) electrons. The lowest BCUT2D eigenvalue weighted by molar-refractivity contribution is -0.145. The molecule has 1 fully saturated rings. The van der Waals surface area contributed by atoms with Gasteiger partial charge in [0.25, 0.3) is 0 Å². The topological polar surface area (TPSA) is 67.9 Å². The van der Waals surface area contributed by atoms with Gasteiger partial charge in [0.05, 0.1) is 14.2 Å². The van der Waals surface area contributed by atoms with E-state index >= 15 is 0 Å². The molecule has 0 atom stereocenters. The molecule has 1 aliphatic heterocycles. The van der Waals surface area contributed by atoms with Crippen molar-refractivity contribution >= 4 is 11.8 Å². The quantitative estimate of drug-likeness (QED) is 0.765. The molecule has 6 heteroatoms. The Labute approximate surface area is 170 Å².